The van der Waals surface area contributed by atoms with Gasteiger partial charge in [-0.2, -0.15) is 0 Å². The molecule has 0 aliphatic carbocycles. The lowest BCUT2D eigenvalue weighted by Gasteiger charge is -2.25. The van der Waals surface area contributed by atoms with Gasteiger partial charge in [-0.1, -0.05) is 142 Å². The lowest BCUT2D eigenvalue weighted by molar-refractivity contribution is -0.870. The highest BCUT2D eigenvalue weighted by molar-refractivity contribution is 7.47. The maximum atomic E-state index is 12.6. The van der Waals surface area contributed by atoms with E-state index < -0.39 is 20.0 Å². The zero-order valence-electron chi connectivity index (χ0n) is 29.4. The average Bonchev–Trinajstić information content (AvgIpc) is 2.95. The predicted octanol–water partition coefficient (Wildman–Crippen LogP) is 8.85. The van der Waals surface area contributed by atoms with Crippen LogP contribution in [-0.2, 0) is 18.4 Å². The summed E-state index contributed by atoms with van der Waals surface area (Å²) in [5.74, 6) is -0.188. The standard InChI is InChI=1S/C35H71N2O6P/c1-6-8-10-12-14-15-16-17-18-19-20-21-22-23-24-26-28-34(38)33(36-35(39)29-27-25-13-11-9-7-2)32-43-44(40,41)42-31-30-37(3,4)5/h26,28,33-34,38H,6-25,27,29-32H2,1-5H3,(H-,36,39,40,41)/p+1/b28-26+. The largest absolute Gasteiger partial charge is 0.472 e. The number of rotatable bonds is 32. The van der Waals surface area contributed by atoms with E-state index >= 15 is 0 Å². The van der Waals surface area contributed by atoms with Gasteiger partial charge in [-0.25, -0.2) is 4.57 Å². The molecule has 3 N–H and O–H groups in total. The molecule has 0 radical (unpaired) electrons. The molecule has 3 atom stereocenters. The van der Waals surface area contributed by atoms with E-state index in [2.05, 4.69) is 19.2 Å². The molecule has 262 valence electrons. The second kappa shape index (κ2) is 28.5. The van der Waals surface area contributed by atoms with Crippen LogP contribution in [0.2, 0.25) is 0 Å². The quantitative estimate of drug-likeness (QED) is 0.0292. The Hall–Kier alpha value is -0.760. The molecule has 0 heterocycles. The average molecular weight is 648 g/mol. The van der Waals surface area contributed by atoms with Gasteiger partial charge >= 0.3 is 7.82 Å². The smallest absolute Gasteiger partial charge is 0.387 e. The van der Waals surface area contributed by atoms with Gasteiger partial charge in [-0.05, 0) is 19.3 Å². The molecule has 3 unspecified atom stereocenters. The van der Waals surface area contributed by atoms with Crippen molar-refractivity contribution < 1.29 is 32.9 Å². The van der Waals surface area contributed by atoms with E-state index in [0.717, 1.165) is 38.5 Å². The Morgan fingerprint density at radius 1 is 0.750 bits per heavy atom. The zero-order chi connectivity index (χ0) is 32.9. The number of hydrogen-bond acceptors (Lipinski definition) is 5. The van der Waals surface area contributed by atoms with Gasteiger partial charge in [0.2, 0.25) is 5.91 Å². The molecule has 0 fully saturated rings. The van der Waals surface area contributed by atoms with Crippen molar-refractivity contribution in [3.63, 3.8) is 0 Å². The lowest BCUT2D eigenvalue weighted by Crippen LogP contribution is -2.45. The molecule has 0 saturated carbocycles. The molecular formula is C35H72N2O6P+. The van der Waals surface area contributed by atoms with Gasteiger partial charge in [0.25, 0.3) is 0 Å². The van der Waals surface area contributed by atoms with Crippen LogP contribution in [0, 0.1) is 0 Å². The summed E-state index contributed by atoms with van der Waals surface area (Å²) in [5, 5.41) is 13.6. The van der Waals surface area contributed by atoms with Crippen LogP contribution < -0.4 is 5.32 Å². The van der Waals surface area contributed by atoms with Crippen LogP contribution in [0.5, 0.6) is 0 Å². The van der Waals surface area contributed by atoms with E-state index in [1.54, 1.807) is 6.08 Å². The molecule has 44 heavy (non-hydrogen) atoms. The van der Waals surface area contributed by atoms with Gasteiger partial charge in [0, 0.05) is 6.42 Å². The molecule has 0 rings (SSSR count). The molecule has 0 spiro atoms. The molecule has 1 amide bonds. The topological polar surface area (TPSA) is 105 Å². The summed E-state index contributed by atoms with van der Waals surface area (Å²) in [7, 11) is 1.57. The highest BCUT2D eigenvalue weighted by Gasteiger charge is 2.27. The summed E-state index contributed by atoms with van der Waals surface area (Å²) >= 11 is 0. The van der Waals surface area contributed by atoms with Crippen molar-refractivity contribution in [3.05, 3.63) is 12.2 Å². The van der Waals surface area contributed by atoms with E-state index in [1.165, 1.54) is 96.3 Å². The number of nitrogens with zero attached hydrogens (tertiary/aromatic N) is 1. The van der Waals surface area contributed by atoms with Gasteiger partial charge in [-0.3, -0.25) is 13.8 Å². The van der Waals surface area contributed by atoms with Gasteiger partial charge in [0.05, 0.1) is 39.9 Å². The molecule has 0 aliphatic rings. The number of phosphoric acid groups is 1. The Labute approximate surface area is 272 Å². The van der Waals surface area contributed by atoms with Crippen LogP contribution in [0.4, 0.5) is 0 Å². The van der Waals surface area contributed by atoms with Gasteiger partial charge < -0.3 is 19.8 Å². The maximum absolute atomic E-state index is 12.6. The van der Waals surface area contributed by atoms with Crippen molar-refractivity contribution in [2.75, 3.05) is 40.9 Å². The minimum absolute atomic E-state index is 0.0635. The number of hydrogen-bond donors (Lipinski definition) is 3. The number of unbranched alkanes of at least 4 members (excludes halogenated alkanes) is 19. The summed E-state index contributed by atoms with van der Waals surface area (Å²) in [6.45, 7) is 4.73. The molecule has 9 heteroatoms. The zero-order valence-corrected chi connectivity index (χ0v) is 30.3. The Morgan fingerprint density at radius 3 is 1.68 bits per heavy atom. The first-order valence-corrected chi connectivity index (χ1v) is 19.6. The number of amides is 1. The third kappa shape index (κ3) is 29.9. The Bertz CT molecular complexity index is 743. The monoisotopic (exact) mass is 648 g/mol. The highest BCUT2D eigenvalue weighted by atomic mass is 31.2. The normalized spacial score (nSPS) is 15.0. The molecule has 0 aromatic rings. The molecule has 0 saturated heterocycles. The molecule has 8 nitrogen and oxygen atoms in total. The summed E-state index contributed by atoms with van der Waals surface area (Å²) in [5.41, 5.74) is 0. The minimum Gasteiger partial charge on any atom is -0.387 e. The van der Waals surface area contributed by atoms with Crippen LogP contribution in [0.1, 0.15) is 155 Å². The number of allylic oxidation sites excluding steroid dienone is 1. The molecule has 0 aliphatic heterocycles. The SMILES string of the molecule is CCCCCCCCCCCCCCCC/C=C/C(O)C(COP(=O)(O)OCC[N+](C)(C)C)NC(=O)CCCCCCCC. The number of aliphatic hydroxyl groups excluding tert-OH is 1. The summed E-state index contributed by atoms with van der Waals surface area (Å²) in [6, 6.07) is -0.836. The summed E-state index contributed by atoms with van der Waals surface area (Å²) in [4.78, 5) is 22.7. The predicted molar refractivity (Wildman–Crippen MR) is 185 cm³/mol. The van der Waals surface area contributed by atoms with Crippen molar-refractivity contribution in [1.29, 1.82) is 0 Å². The fourth-order valence-corrected chi connectivity index (χ4v) is 5.77. The Kier molecular flexibility index (Phi) is 28.0. The molecule has 0 aromatic carbocycles. The van der Waals surface area contributed by atoms with Crippen LogP contribution >= 0.6 is 7.82 Å². The number of aliphatic hydroxyl groups is 1. The van der Waals surface area contributed by atoms with Crippen LogP contribution in [0.25, 0.3) is 0 Å². The first kappa shape index (κ1) is 43.2. The van der Waals surface area contributed by atoms with Crippen molar-refractivity contribution in [2.45, 2.75) is 167 Å². The van der Waals surface area contributed by atoms with Gasteiger partial charge in [0.15, 0.2) is 0 Å². The van der Waals surface area contributed by atoms with Gasteiger partial charge in [-0.15, -0.1) is 0 Å². The Morgan fingerprint density at radius 2 is 1.20 bits per heavy atom. The van der Waals surface area contributed by atoms with E-state index in [9.17, 15) is 19.4 Å². The lowest BCUT2D eigenvalue weighted by atomic mass is 10.0. The van der Waals surface area contributed by atoms with Crippen molar-refractivity contribution >= 4 is 13.7 Å². The van der Waals surface area contributed by atoms with Crippen molar-refractivity contribution in [2.24, 2.45) is 0 Å². The number of quaternary nitrogens is 1. The third-order valence-electron chi connectivity index (χ3n) is 8.01. The molecule has 0 aromatic heterocycles. The maximum Gasteiger partial charge on any atom is 0.472 e. The third-order valence-corrected chi connectivity index (χ3v) is 8.99. The van der Waals surface area contributed by atoms with E-state index in [4.69, 9.17) is 9.05 Å². The fourth-order valence-electron chi connectivity index (χ4n) is 5.04. The Balaban J connectivity index is 4.44. The molecule has 0 bridgehead atoms. The minimum atomic E-state index is -4.31. The number of nitrogens with one attached hydrogen (secondary N) is 1. The van der Waals surface area contributed by atoms with Crippen LogP contribution in [0.15, 0.2) is 12.2 Å². The van der Waals surface area contributed by atoms with Crippen LogP contribution in [-0.4, -0.2) is 73.4 Å². The number of carbonyl (C=O) groups is 1. The first-order valence-electron chi connectivity index (χ1n) is 18.1. The number of phosphoric ester groups is 1. The number of carbonyl (C=O) groups excluding carboxylic acids is 1. The van der Waals surface area contributed by atoms with Crippen molar-refractivity contribution in [1.82, 2.24) is 5.32 Å². The second-order valence-electron chi connectivity index (χ2n) is 13.6. The summed E-state index contributed by atoms with van der Waals surface area (Å²) in [6.07, 6.45) is 28.7. The highest BCUT2D eigenvalue weighted by Crippen LogP contribution is 2.43. The van der Waals surface area contributed by atoms with E-state index in [0.29, 0.717) is 17.4 Å². The van der Waals surface area contributed by atoms with Crippen molar-refractivity contribution in [3.8, 4) is 0 Å². The fraction of sp³-hybridized carbons (Fsp3) is 0.914. The first-order chi connectivity index (χ1) is 21.0. The van der Waals surface area contributed by atoms with Gasteiger partial charge in [0.1, 0.15) is 13.2 Å². The number of likely N-dealkylation sites (N-methyl/N-ethyl adjacent to an activating group) is 1. The van der Waals surface area contributed by atoms with E-state index in [1.807, 2.05) is 27.2 Å². The second-order valence-corrected chi connectivity index (χ2v) is 15.1. The molecular weight excluding hydrogens is 575 g/mol. The summed E-state index contributed by atoms with van der Waals surface area (Å²) < 4.78 is 23.3. The van der Waals surface area contributed by atoms with E-state index in [-0.39, 0.29) is 19.1 Å². The van der Waals surface area contributed by atoms with Crippen LogP contribution in [0.3, 0.4) is 0 Å².